The molecule has 1 aromatic rings. The van der Waals surface area contributed by atoms with Crippen LogP contribution in [0.25, 0.3) is 0 Å². The smallest absolute Gasteiger partial charge is 0.249 e. The number of hydrogen-bond acceptors (Lipinski definition) is 4. The van der Waals surface area contributed by atoms with Gasteiger partial charge < -0.3 is 15.0 Å². The summed E-state index contributed by atoms with van der Waals surface area (Å²) in [6.07, 6.45) is 3.56. The largest absolute Gasteiger partial charge is 0.372 e. The van der Waals surface area contributed by atoms with Crippen LogP contribution in [-0.4, -0.2) is 48.6 Å². The third-order valence-electron chi connectivity index (χ3n) is 3.06. The van der Waals surface area contributed by atoms with Crippen molar-refractivity contribution >= 4 is 5.91 Å². The highest BCUT2D eigenvalue weighted by Gasteiger charge is 2.27. The minimum Gasteiger partial charge on any atom is -0.372 e. The van der Waals surface area contributed by atoms with Gasteiger partial charge in [0, 0.05) is 38.6 Å². The highest BCUT2D eigenvalue weighted by atomic mass is 16.5. The summed E-state index contributed by atoms with van der Waals surface area (Å²) < 4.78 is 5.21. The summed E-state index contributed by atoms with van der Waals surface area (Å²) in [5.41, 5.74) is 1.06. The van der Waals surface area contributed by atoms with Crippen LogP contribution in [0.4, 0.5) is 0 Å². The third-order valence-corrected chi connectivity index (χ3v) is 3.06. The fourth-order valence-corrected chi connectivity index (χ4v) is 2.15. The number of amides is 1. The minimum atomic E-state index is 0.0483. The standard InChI is InChI=1S/C13H19N3O2/c1-2-18-10-13(17)16-7-6-15-9-12(16)11-4-3-5-14-8-11/h3-5,8,12,15H,2,6-7,9-10H2,1H3. The molecule has 0 aliphatic carbocycles. The van der Waals surface area contributed by atoms with Crippen LogP contribution >= 0.6 is 0 Å². The Hall–Kier alpha value is -1.46. The summed E-state index contributed by atoms with van der Waals surface area (Å²) in [6.45, 7) is 4.93. The number of piperazine rings is 1. The van der Waals surface area contributed by atoms with Crippen molar-refractivity contribution in [1.29, 1.82) is 0 Å². The molecule has 1 atom stereocenters. The number of pyridine rings is 1. The molecule has 0 radical (unpaired) electrons. The molecule has 2 rings (SSSR count). The molecule has 1 aliphatic heterocycles. The molecule has 1 fully saturated rings. The molecule has 5 heteroatoms. The third kappa shape index (κ3) is 3.05. The van der Waals surface area contributed by atoms with Gasteiger partial charge in [-0.25, -0.2) is 0 Å². The van der Waals surface area contributed by atoms with Crippen molar-refractivity contribution in [1.82, 2.24) is 15.2 Å². The zero-order chi connectivity index (χ0) is 12.8. The summed E-state index contributed by atoms with van der Waals surface area (Å²) in [5.74, 6) is 0.0483. The Morgan fingerprint density at radius 3 is 3.28 bits per heavy atom. The number of nitrogens with zero attached hydrogens (tertiary/aromatic N) is 2. The van der Waals surface area contributed by atoms with E-state index < -0.39 is 0 Å². The molecule has 1 amide bonds. The molecule has 1 N–H and O–H groups in total. The maximum Gasteiger partial charge on any atom is 0.249 e. The van der Waals surface area contributed by atoms with Gasteiger partial charge in [-0.15, -0.1) is 0 Å². The van der Waals surface area contributed by atoms with Crippen LogP contribution in [0.1, 0.15) is 18.5 Å². The van der Waals surface area contributed by atoms with Crippen molar-refractivity contribution in [2.24, 2.45) is 0 Å². The van der Waals surface area contributed by atoms with Crippen LogP contribution in [-0.2, 0) is 9.53 Å². The van der Waals surface area contributed by atoms with E-state index >= 15 is 0 Å². The van der Waals surface area contributed by atoms with E-state index in [0.29, 0.717) is 13.2 Å². The molecule has 18 heavy (non-hydrogen) atoms. The monoisotopic (exact) mass is 249 g/mol. The zero-order valence-corrected chi connectivity index (χ0v) is 10.6. The summed E-state index contributed by atoms with van der Waals surface area (Å²) in [5, 5.41) is 3.31. The first kappa shape index (κ1) is 13.0. The fourth-order valence-electron chi connectivity index (χ4n) is 2.15. The first-order valence-corrected chi connectivity index (χ1v) is 6.30. The lowest BCUT2D eigenvalue weighted by atomic mass is 10.1. The average Bonchev–Trinajstić information content (AvgIpc) is 2.45. The molecule has 1 saturated heterocycles. The molecule has 1 unspecified atom stereocenters. The van der Waals surface area contributed by atoms with Crippen LogP contribution in [0.2, 0.25) is 0 Å². The minimum absolute atomic E-state index is 0.0483. The summed E-state index contributed by atoms with van der Waals surface area (Å²) in [4.78, 5) is 18.1. The van der Waals surface area contributed by atoms with Crippen LogP contribution in [0.15, 0.2) is 24.5 Å². The van der Waals surface area contributed by atoms with Crippen molar-refractivity contribution in [3.63, 3.8) is 0 Å². The Kier molecular flexibility index (Phi) is 4.66. The van der Waals surface area contributed by atoms with Gasteiger partial charge in [-0.3, -0.25) is 9.78 Å². The lowest BCUT2D eigenvalue weighted by molar-refractivity contribution is -0.139. The number of carbonyl (C=O) groups is 1. The van der Waals surface area contributed by atoms with Gasteiger partial charge in [0.05, 0.1) is 6.04 Å². The highest BCUT2D eigenvalue weighted by molar-refractivity contribution is 5.78. The molecule has 0 spiro atoms. The van der Waals surface area contributed by atoms with Gasteiger partial charge in [0.25, 0.3) is 0 Å². The van der Waals surface area contributed by atoms with Gasteiger partial charge in [0.15, 0.2) is 0 Å². The number of ether oxygens (including phenoxy) is 1. The second-order valence-corrected chi connectivity index (χ2v) is 4.23. The van der Waals surface area contributed by atoms with Crippen molar-refractivity contribution in [3.8, 4) is 0 Å². The van der Waals surface area contributed by atoms with Gasteiger partial charge in [0.2, 0.25) is 5.91 Å². The van der Waals surface area contributed by atoms with E-state index in [1.54, 1.807) is 6.20 Å². The second-order valence-electron chi connectivity index (χ2n) is 4.23. The molecule has 0 saturated carbocycles. The fraction of sp³-hybridized carbons (Fsp3) is 0.538. The number of rotatable bonds is 4. The molecule has 98 valence electrons. The molecule has 0 bridgehead atoms. The number of carbonyl (C=O) groups excluding carboxylic acids is 1. The maximum atomic E-state index is 12.1. The van der Waals surface area contributed by atoms with Crippen LogP contribution in [0.3, 0.4) is 0 Å². The molecule has 0 aromatic carbocycles. The van der Waals surface area contributed by atoms with E-state index in [9.17, 15) is 4.79 Å². The first-order valence-electron chi connectivity index (χ1n) is 6.30. The average molecular weight is 249 g/mol. The summed E-state index contributed by atoms with van der Waals surface area (Å²) >= 11 is 0. The Balaban J connectivity index is 2.09. The van der Waals surface area contributed by atoms with Gasteiger partial charge in [0.1, 0.15) is 6.61 Å². The van der Waals surface area contributed by atoms with Crippen LogP contribution in [0.5, 0.6) is 0 Å². The van der Waals surface area contributed by atoms with Crippen LogP contribution in [0, 0.1) is 0 Å². The molecule has 2 heterocycles. The van der Waals surface area contributed by atoms with E-state index in [1.165, 1.54) is 0 Å². The maximum absolute atomic E-state index is 12.1. The number of aromatic nitrogens is 1. The van der Waals surface area contributed by atoms with Crippen molar-refractivity contribution in [2.45, 2.75) is 13.0 Å². The topological polar surface area (TPSA) is 54.5 Å². The number of nitrogens with one attached hydrogen (secondary N) is 1. The van der Waals surface area contributed by atoms with E-state index in [1.807, 2.05) is 30.2 Å². The lowest BCUT2D eigenvalue weighted by Gasteiger charge is -2.36. The van der Waals surface area contributed by atoms with E-state index in [4.69, 9.17) is 4.74 Å². The SMILES string of the molecule is CCOCC(=O)N1CCNCC1c1cccnc1. The van der Waals surface area contributed by atoms with Gasteiger partial charge >= 0.3 is 0 Å². The molecular weight excluding hydrogens is 230 g/mol. The Morgan fingerprint density at radius 2 is 2.56 bits per heavy atom. The highest BCUT2D eigenvalue weighted by Crippen LogP contribution is 2.21. The van der Waals surface area contributed by atoms with Gasteiger partial charge in [-0.05, 0) is 18.6 Å². The van der Waals surface area contributed by atoms with Crippen molar-refractivity contribution in [3.05, 3.63) is 30.1 Å². The van der Waals surface area contributed by atoms with E-state index in [-0.39, 0.29) is 18.6 Å². The second kappa shape index (κ2) is 6.47. The quantitative estimate of drug-likeness (QED) is 0.848. The molecular formula is C13H19N3O2. The van der Waals surface area contributed by atoms with Crippen molar-refractivity contribution < 1.29 is 9.53 Å². The molecule has 1 aromatic heterocycles. The molecule has 5 nitrogen and oxygen atoms in total. The van der Waals surface area contributed by atoms with Crippen molar-refractivity contribution in [2.75, 3.05) is 32.8 Å². The van der Waals surface area contributed by atoms with Crippen LogP contribution < -0.4 is 5.32 Å². The lowest BCUT2D eigenvalue weighted by Crippen LogP contribution is -2.49. The number of hydrogen-bond donors (Lipinski definition) is 1. The van der Waals surface area contributed by atoms with E-state index in [2.05, 4.69) is 10.3 Å². The Labute approximate surface area is 107 Å². The molecule has 1 aliphatic rings. The van der Waals surface area contributed by atoms with Gasteiger partial charge in [-0.2, -0.15) is 0 Å². The normalized spacial score (nSPS) is 19.8. The Morgan fingerprint density at radius 1 is 1.67 bits per heavy atom. The summed E-state index contributed by atoms with van der Waals surface area (Å²) in [7, 11) is 0. The summed E-state index contributed by atoms with van der Waals surface area (Å²) in [6, 6.07) is 3.96. The predicted molar refractivity (Wildman–Crippen MR) is 68.1 cm³/mol. The van der Waals surface area contributed by atoms with Gasteiger partial charge in [-0.1, -0.05) is 6.07 Å². The first-order chi connectivity index (χ1) is 8.83. The predicted octanol–water partition coefficient (Wildman–Crippen LogP) is 0.591. The van der Waals surface area contributed by atoms with E-state index in [0.717, 1.165) is 18.7 Å². The zero-order valence-electron chi connectivity index (χ0n) is 10.6. The Bertz CT molecular complexity index is 383.